The standard InChI is InChI=1S/C13H16N6O/c1-18-8-15-12(17-18)5-6-19-11-4-3-9(20-2)7-10(11)16-13(19)14/h3-4,7-8H,5-6H2,1-2H3,(H2,14,16). The number of hydrogen-bond acceptors (Lipinski definition) is 5. The van der Waals surface area contributed by atoms with Crippen LogP contribution in [0.15, 0.2) is 24.5 Å². The van der Waals surface area contributed by atoms with Gasteiger partial charge in [-0.2, -0.15) is 5.10 Å². The monoisotopic (exact) mass is 272 g/mol. The van der Waals surface area contributed by atoms with E-state index >= 15 is 0 Å². The lowest BCUT2D eigenvalue weighted by Gasteiger charge is -2.05. The van der Waals surface area contributed by atoms with E-state index in [1.54, 1.807) is 18.1 Å². The number of benzene rings is 1. The fraction of sp³-hybridized carbons (Fsp3) is 0.308. The highest BCUT2D eigenvalue weighted by Crippen LogP contribution is 2.22. The average Bonchev–Trinajstić information content (AvgIpc) is 2.98. The smallest absolute Gasteiger partial charge is 0.201 e. The first-order chi connectivity index (χ1) is 9.67. The van der Waals surface area contributed by atoms with E-state index in [0.717, 1.165) is 22.6 Å². The van der Waals surface area contributed by atoms with Crippen LogP contribution < -0.4 is 10.5 Å². The largest absolute Gasteiger partial charge is 0.497 e. The van der Waals surface area contributed by atoms with Gasteiger partial charge in [-0.1, -0.05) is 0 Å². The maximum Gasteiger partial charge on any atom is 0.201 e. The highest BCUT2D eigenvalue weighted by molar-refractivity contribution is 5.79. The second-order valence-electron chi connectivity index (χ2n) is 4.56. The molecule has 0 radical (unpaired) electrons. The Hall–Kier alpha value is -2.57. The Kier molecular flexibility index (Phi) is 3.02. The van der Waals surface area contributed by atoms with Gasteiger partial charge < -0.3 is 15.0 Å². The Morgan fingerprint density at radius 2 is 2.20 bits per heavy atom. The van der Waals surface area contributed by atoms with E-state index in [2.05, 4.69) is 15.1 Å². The highest BCUT2D eigenvalue weighted by atomic mass is 16.5. The Balaban J connectivity index is 1.89. The Morgan fingerprint density at radius 3 is 2.90 bits per heavy atom. The Bertz CT molecular complexity index is 744. The number of methoxy groups -OCH3 is 1. The number of aromatic nitrogens is 5. The van der Waals surface area contributed by atoms with Gasteiger partial charge in [-0.15, -0.1) is 0 Å². The number of imidazole rings is 1. The van der Waals surface area contributed by atoms with Crippen LogP contribution in [-0.4, -0.2) is 31.4 Å². The summed E-state index contributed by atoms with van der Waals surface area (Å²) in [6, 6.07) is 5.74. The minimum atomic E-state index is 0.490. The van der Waals surface area contributed by atoms with Gasteiger partial charge in [0.15, 0.2) is 5.82 Å². The first kappa shape index (κ1) is 12.5. The van der Waals surface area contributed by atoms with Crippen molar-refractivity contribution in [3.63, 3.8) is 0 Å². The summed E-state index contributed by atoms with van der Waals surface area (Å²) in [5.74, 6) is 2.06. The summed E-state index contributed by atoms with van der Waals surface area (Å²) >= 11 is 0. The lowest BCUT2D eigenvalue weighted by molar-refractivity contribution is 0.415. The maximum absolute atomic E-state index is 5.98. The zero-order valence-corrected chi connectivity index (χ0v) is 11.4. The minimum absolute atomic E-state index is 0.490. The van der Waals surface area contributed by atoms with Gasteiger partial charge in [-0.05, 0) is 12.1 Å². The molecule has 1 aromatic carbocycles. The van der Waals surface area contributed by atoms with Crippen molar-refractivity contribution >= 4 is 17.0 Å². The molecule has 7 nitrogen and oxygen atoms in total. The third-order valence-electron chi connectivity index (χ3n) is 3.19. The summed E-state index contributed by atoms with van der Waals surface area (Å²) < 4.78 is 8.84. The highest BCUT2D eigenvalue weighted by Gasteiger charge is 2.10. The summed E-state index contributed by atoms with van der Waals surface area (Å²) in [4.78, 5) is 8.56. The molecule has 20 heavy (non-hydrogen) atoms. The van der Waals surface area contributed by atoms with Gasteiger partial charge in [-0.25, -0.2) is 9.97 Å². The predicted octanol–water partition coefficient (Wildman–Crippen LogP) is 0.998. The molecule has 2 heterocycles. The summed E-state index contributed by atoms with van der Waals surface area (Å²) in [6.07, 6.45) is 2.40. The Morgan fingerprint density at radius 1 is 1.35 bits per heavy atom. The van der Waals surface area contributed by atoms with Gasteiger partial charge in [0.25, 0.3) is 0 Å². The number of nitrogens with zero attached hydrogens (tertiary/aromatic N) is 5. The molecule has 0 atom stereocenters. The van der Waals surface area contributed by atoms with E-state index in [4.69, 9.17) is 10.5 Å². The van der Waals surface area contributed by atoms with Crippen molar-refractivity contribution in [2.24, 2.45) is 7.05 Å². The molecule has 2 aromatic heterocycles. The summed E-state index contributed by atoms with van der Waals surface area (Å²) in [5.41, 5.74) is 7.79. The first-order valence-electron chi connectivity index (χ1n) is 6.31. The number of nitrogen functional groups attached to an aromatic ring is 1. The van der Waals surface area contributed by atoms with Crippen LogP contribution in [0, 0.1) is 0 Å². The first-order valence-corrected chi connectivity index (χ1v) is 6.31. The summed E-state index contributed by atoms with van der Waals surface area (Å²) in [5, 5.41) is 4.26. The molecule has 3 aromatic rings. The second kappa shape index (κ2) is 4.84. The van der Waals surface area contributed by atoms with Crippen LogP contribution in [0.4, 0.5) is 5.95 Å². The van der Waals surface area contributed by atoms with E-state index in [1.165, 1.54) is 0 Å². The minimum Gasteiger partial charge on any atom is -0.497 e. The quantitative estimate of drug-likeness (QED) is 0.766. The van der Waals surface area contributed by atoms with Gasteiger partial charge in [0.2, 0.25) is 5.95 Å². The molecule has 104 valence electrons. The van der Waals surface area contributed by atoms with Crippen molar-refractivity contribution in [2.75, 3.05) is 12.8 Å². The lowest BCUT2D eigenvalue weighted by atomic mass is 10.3. The average molecular weight is 272 g/mol. The number of nitrogens with two attached hydrogens (primary N) is 1. The third kappa shape index (κ3) is 2.18. The topological polar surface area (TPSA) is 83.8 Å². The van der Waals surface area contributed by atoms with Crippen molar-refractivity contribution in [2.45, 2.75) is 13.0 Å². The number of anilines is 1. The zero-order valence-electron chi connectivity index (χ0n) is 11.4. The third-order valence-corrected chi connectivity index (χ3v) is 3.19. The van der Waals surface area contributed by atoms with Crippen LogP contribution in [0.3, 0.4) is 0 Å². The molecule has 0 spiro atoms. The fourth-order valence-electron chi connectivity index (χ4n) is 2.20. The molecule has 0 unspecified atom stereocenters. The zero-order chi connectivity index (χ0) is 14.1. The number of ether oxygens (including phenoxy) is 1. The van der Waals surface area contributed by atoms with E-state index in [0.29, 0.717) is 18.9 Å². The fourth-order valence-corrected chi connectivity index (χ4v) is 2.20. The Labute approximate surface area is 116 Å². The molecular formula is C13H16N6O. The molecule has 0 aliphatic carbocycles. The normalized spacial score (nSPS) is 11.1. The molecule has 0 aliphatic rings. The van der Waals surface area contributed by atoms with Gasteiger partial charge in [0, 0.05) is 26.1 Å². The number of aryl methyl sites for hydroxylation is 3. The maximum atomic E-state index is 5.98. The van der Waals surface area contributed by atoms with E-state index in [1.807, 2.05) is 29.8 Å². The van der Waals surface area contributed by atoms with Crippen molar-refractivity contribution < 1.29 is 4.74 Å². The summed E-state index contributed by atoms with van der Waals surface area (Å²) in [6.45, 7) is 0.693. The van der Waals surface area contributed by atoms with E-state index in [-0.39, 0.29) is 0 Å². The van der Waals surface area contributed by atoms with Crippen molar-refractivity contribution in [3.05, 3.63) is 30.4 Å². The molecule has 0 saturated heterocycles. The molecule has 0 amide bonds. The van der Waals surface area contributed by atoms with Crippen LogP contribution in [0.1, 0.15) is 5.82 Å². The summed E-state index contributed by atoms with van der Waals surface area (Å²) in [7, 11) is 3.48. The van der Waals surface area contributed by atoms with Crippen LogP contribution in [0.5, 0.6) is 5.75 Å². The number of hydrogen-bond donors (Lipinski definition) is 1. The van der Waals surface area contributed by atoms with Crippen LogP contribution >= 0.6 is 0 Å². The molecular weight excluding hydrogens is 256 g/mol. The second-order valence-corrected chi connectivity index (χ2v) is 4.56. The van der Waals surface area contributed by atoms with Gasteiger partial charge in [-0.3, -0.25) is 4.68 Å². The van der Waals surface area contributed by atoms with Gasteiger partial charge >= 0.3 is 0 Å². The van der Waals surface area contributed by atoms with Crippen molar-refractivity contribution in [1.29, 1.82) is 0 Å². The molecule has 0 saturated carbocycles. The molecule has 3 rings (SSSR count). The number of rotatable bonds is 4. The molecule has 2 N–H and O–H groups in total. The van der Waals surface area contributed by atoms with Crippen LogP contribution in [-0.2, 0) is 20.0 Å². The molecule has 0 bridgehead atoms. The SMILES string of the molecule is COc1ccc2c(c1)nc(N)n2CCc1ncn(C)n1. The molecule has 0 aliphatic heterocycles. The predicted molar refractivity (Wildman–Crippen MR) is 75.4 cm³/mol. The van der Waals surface area contributed by atoms with Crippen LogP contribution in [0.2, 0.25) is 0 Å². The van der Waals surface area contributed by atoms with Crippen molar-refractivity contribution in [1.82, 2.24) is 24.3 Å². The molecule has 7 heteroatoms. The van der Waals surface area contributed by atoms with Gasteiger partial charge in [0.05, 0.1) is 18.1 Å². The number of fused-ring (bicyclic) bond motifs is 1. The van der Waals surface area contributed by atoms with Crippen LogP contribution in [0.25, 0.3) is 11.0 Å². The molecule has 0 fully saturated rings. The lowest BCUT2D eigenvalue weighted by Crippen LogP contribution is -2.06. The van der Waals surface area contributed by atoms with E-state index < -0.39 is 0 Å². The van der Waals surface area contributed by atoms with E-state index in [9.17, 15) is 0 Å². The van der Waals surface area contributed by atoms with Gasteiger partial charge in [0.1, 0.15) is 12.1 Å². The van der Waals surface area contributed by atoms with Crippen molar-refractivity contribution in [3.8, 4) is 5.75 Å².